The van der Waals surface area contributed by atoms with E-state index in [1.165, 1.54) is 39.9 Å². The molecule has 1 unspecified atom stereocenters. The molecule has 178 valence electrons. The number of aryl methyl sites for hydroxylation is 2. The lowest BCUT2D eigenvalue weighted by Gasteiger charge is -2.17. The third kappa shape index (κ3) is 3.38. The Balaban J connectivity index is 1.35. The van der Waals surface area contributed by atoms with E-state index in [2.05, 4.69) is 59.9 Å². The number of H-pyrrole nitrogens is 1. The summed E-state index contributed by atoms with van der Waals surface area (Å²) in [6.07, 6.45) is 6.14. The molecule has 3 N–H and O–H groups in total. The van der Waals surface area contributed by atoms with Crippen molar-refractivity contribution < 1.29 is 4.79 Å². The van der Waals surface area contributed by atoms with Crippen molar-refractivity contribution in [2.24, 2.45) is 17.6 Å². The first-order valence-corrected chi connectivity index (χ1v) is 13.1. The van der Waals surface area contributed by atoms with Gasteiger partial charge in [-0.25, -0.2) is 9.50 Å². The second kappa shape index (κ2) is 7.92. The van der Waals surface area contributed by atoms with Gasteiger partial charge in [-0.05, 0) is 73.1 Å². The van der Waals surface area contributed by atoms with Crippen LogP contribution in [0.1, 0.15) is 60.1 Å². The highest BCUT2D eigenvalue weighted by Gasteiger charge is 2.42. The van der Waals surface area contributed by atoms with E-state index in [1.807, 2.05) is 15.9 Å². The van der Waals surface area contributed by atoms with Crippen LogP contribution in [0.15, 0.2) is 18.6 Å². The lowest BCUT2D eigenvalue weighted by Crippen LogP contribution is -2.32. The first kappa shape index (κ1) is 21.8. The summed E-state index contributed by atoms with van der Waals surface area (Å²) >= 11 is 1.95. The van der Waals surface area contributed by atoms with Gasteiger partial charge in [0.15, 0.2) is 5.65 Å². The van der Waals surface area contributed by atoms with Gasteiger partial charge >= 0.3 is 0 Å². The van der Waals surface area contributed by atoms with Gasteiger partial charge in [0.1, 0.15) is 11.2 Å². The fourth-order valence-corrected chi connectivity index (χ4v) is 7.99. The number of pyridine rings is 1. The van der Waals surface area contributed by atoms with Crippen molar-refractivity contribution in [2.45, 2.75) is 52.4 Å². The average Bonchev–Trinajstić information content (AvgIpc) is 3.53. The number of nitrogens with zero attached hydrogens (tertiary/aromatic N) is 4. The van der Waals surface area contributed by atoms with Gasteiger partial charge < -0.3 is 10.7 Å². The monoisotopic (exact) mass is 476 g/mol. The molecule has 0 aromatic carbocycles. The molecule has 4 aromatic rings. The van der Waals surface area contributed by atoms with Crippen LogP contribution < -0.4 is 5.73 Å². The zero-order valence-corrected chi connectivity index (χ0v) is 21.1. The number of fused-ring (bicyclic) bond motifs is 3. The number of nitrogens with one attached hydrogen (secondary N) is 1. The minimum absolute atomic E-state index is 0.213. The standard InChI is InChI=1S/C26H32N6OS/c1-13(2)21-22-15(4)24(16-6-17-8-31(11-20(27)33)9-18(17)7-16)34-26(22)30-23(21)19-5-14(3)25-28-12-29-32(25)10-19/h5,10,12-13,16-18,30H,6-9,11H2,1-4H3,(H2,27,33)/t16?,17-,18+. The van der Waals surface area contributed by atoms with Crippen LogP contribution in [0.2, 0.25) is 0 Å². The minimum Gasteiger partial charge on any atom is -0.369 e. The van der Waals surface area contributed by atoms with E-state index < -0.39 is 0 Å². The van der Waals surface area contributed by atoms with Gasteiger partial charge in [0.05, 0.1) is 12.2 Å². The number of amides is 1. The van der Waals surface area contributed by atoms with E-state index in [0.717, 1.165) is 29.9 Å². The maximum Gasteiger partial charge on any atom is 0.231 e. The number of hydrogen-bond donors (Lipinski definition) is 2. The number of rotatable bonds is 5. The molecular weight excluding hydrogens is 444 g/mol. The van der Waals surface area contributed by atoms with Crippen molar-refractivity contribution >= 4 is 33.1 Å². The Morgan fingerprint density at radius 1 is 1.26 bits per heavy atom. The van der Waals surface area contributed by atoms with Gasteiger partial charge in [-0.3, -0.25) is 9.69 Å². The Kier molecular flexibility index (Phi) is 5.08. The lowest BCUT2D eigenvalue weighted by atomic mass is 9.93. The van der Waals surface area contributed by atoms with Gasteiger partial charge in [-0.2, -0.15) is 5.10 Å². The average molecular weight is 477 g/mol. The molecule has 1 aliphatic carbocycles. The van der Waals surface area contributed by atoms with Crippen molar-refractivity contribution in [1.29, 1.82) is 0 Å². The highest BCUT2D eigenvalue weighted by molar-refractivity contribution is 7.19. The molecule has 3 atom stereocenters. The van der Waals surface area contributed by atoms with Crippen LogP contribution in [0.3, 0.4) is 0 Å². The first-order chi connectivity index (χ1) is 16.3. The zero-order valence-electron chi connectivity index (χ0n) is 20.3. The predicted molar refractivity (Wildman–Crippen MR) is 136 cm³/mol. The highest BCUT2D eigenvalue weighted by atomic mass is 32.1. The molecule has 2 fully saturated rings. The molecule has 2 aliphatic rings. The lowest BCUT2D eigenvalue weighted by molar-refractivity contribution is -0.119. The normalized spacial score (nSPS) is 23.0. The van der Waals surface area contributed by atoms with Gasteiger partial charge in [-0.1, -0.05) is 13.8 Å². The molecule has 0 bridgehead atoms. The molecule has 34 heavy (non-hydrogen) atoms. The quantitative estimate of drug-likeness (QED) is 0.441. The Labute approximate surface area is 203 Å². The van der Waals surface area contributed by atoms with Crippen LogP contribution in [0.25, 0.3) is 27.1 Å². The number of aromatic nitrogens is 4. The van der Waals surface area contributed by atoms with E-state index >= 15 is 0 Å². The van der Waals surface area contributed by atoms with Crippen molar-refractivity contribution in [1.82, 2.24) is 24.5 Å². The molecule has 1 aliphatic heterocycles. The summed E-state index contributed by atoms with van der Waals surface area (Å²) in [5, 5.41) is 5.79. The van der Waals surface area contributed by atoms with Crippen LogP contribution in [-0.4, -0.2) is 50.0 Å². The molecule has 1 saturated heterocycles. The maximum absolute atomic E-state index is 11.3. The van der Waals surface area contributed by atoms with Crippen molar-refractivity contribution in [3.8, 4) is 11.3 Å². The van der Waals surface area contributed by atoms with Crippen LogP contribution >= 0.6 is 11.3 Å². The van der Waals surface area contributed by atoms with Crippen molar-refractivity contribution in [3.63, 3.8) is 0 Å². The zero-order chi connectivity index (χ0) is 23.7. The Hall–Kier alpha value is -2.71. The van der Waals surface area contributed by atoms with Gasteiger partial charge in [0.2, 0.25) is 5.91 Å². The summed E-state index contributed by atoms with van der Waals surface area (Å²) in [6.45, 7) is 11.4. The van der Waals surface area contributed by atoms with Crippen molar-refractivity contribution in [2.75, 3.05) is 19.6 Å². The molecule has 5 heterocycles. The Bertz CT molecular complexity index is 1400. The minimum atomic E-state index is -0.213. The smallest absolute Gasteiger partial charge is 0.231 e. The van der Waals surface area contributed by atoms with Crippen LogP contribution in [0.4, 0.5) is 0 Å². The van der Waals surface area contributed by atoms with E-state index in [-0.39, 0.29) is 5.91 Å². The number of likely N-dealkylation sites (tertiary alicyclic amines) is 1. The summed E-state index contributed by atoms with van der Waals surface area (Å²) in [4.78, 5) is 24.6. The van der Waals surface area contributed by atoms with Gasteiger partial charge in [0, 0.05) is 35.1 Å². The third-order valence-electron chi connectivity index (χ3n) is 7.96. The number of aromatic amines is 1. The predicted octanol–water partition coefficient (Wildman–Crippen LogP) is 4.59. The van der Waals surface area contributed by atoms with Crippen molar-refractivity contribution in [3.05, 3.63) is 40.2 Å². The molecule has 0 radical (unpaired) electrons. The molecule has 0 spiro atoms. The van der Waals surface area contributed by atoms with Crippen LogP contribution in [0, 0.1) is 25.7 Å². The maximum atomic E-state index is 11.3. The molecule has 1 amide bonds. The second-order valence-corrected chi connectivity index (χ2v) is 11.7. The third-order valence-corrected chi connectivity index (χ3v) is 9.33. The molecular formula is C26H32N6OS. The summed E-state index contributed by atoms with van der Waals surface area (Å²) in [7, 11) is 0. The fourth-order valence-electron chi connectivity index (χ4n) is 6.63. The Morgan fingerprint density at radius 2 is 2.00 bits per heavy atom. The largest absolute Gasteiger partial charge is 0.369 e. The van der Waals surface area contributed by atoms with E-state index in [0.29, 0.717) is 30.2 Å². The summed E-state index contributed by atoms with van der Waals surface area (Å²) < 4.78 is 1.88. The van der Waals surface area contributed by atoms with Gasteiger partial charge in [-0.15, -0.1) is 11.3 Å². The number of hydrogen-bond acceptors (Lipinski definition) is 5. The fraction of sp³-hybridized carbons (Fsp3) is 0.500. The summed E-state index contributed by atoms with van der Waals surface area (Å²) in [5.41, 5.74) is 12.7. The van der Waals surface area contributed by atoms with E-state index in [4.69, 9.17) is 5.73 Å². The Morgan fingerprint density at radius 3 is 2.68 bits per heavy atom. The summed E-state index contributed by atoms with van der Waals surface area (Å²) in [6, 6.07) is 2.22. The van der Waals surface area contributed by atoms with Crippen LogP contribution in [0.5, 0.6) is 0 Å². The molecule has 7 nitrogen and oxygen atoms in total. The number of thiophene rings is 1. The number of nitrogens with two attached hydrogens (primary N) is 1. The highest BCUT2D eigenvalue weighted by Crippen LogP contribution is 2.51. The molecule has 8 heteroatoms. The summed E-state index contributed by atoms with van der Waals surface area (Å²) in [5.74, 6) is 2.18. The first-order valence-electron chi connectivity index (χ1n) is 12.3. The topological polar surface area (TPSA) is 92.3 Å². The molecule has 6 rings (SSSR count). The molecule has 4 aromatic heterocycles. The second-order valence-electron chi connectivity index (χ2n) is 10.7. The number of primary amides is 1. The SMILES string of the molecule is Cc1c(C2C[C@@H]3CN(CC(N)=O)C[C@@H]3C2)sc2[nH]c(-c3cc(C)c4ncnn4c3)c(C(C)C)c12. The van der Waals surface area contributed by atoms with E-state index in [1.54, 1.807) is 11.2 Å². The molecule has 1 saturated carbocycles. The van der Waals surface area contributed by atoms with Gasteiger partial charge in [0.25, 0.3) is 0 Å². The van der Waals surface area contributed by atoms with Crippen LogP contribution in [-0.2, 0) is 4.79 Å². The van der Waals surface area contributed by atoms with E-state index in [9.17, 15) is 4.79 Å². The number of carbonyl (C=O) groups is 1. The number of carbonyl (C=O) groups excluding carboxylic acids is 1.